The summed E-state index contributed by atoms with van der Waals surface area (Å²) in [5.41, 5.74) is 2.16. The number of thioether (sulfide) groups is 1. The highest BCUT2D eigenvalue weighted by Crippen LogP contribution is 2.22. The second-order valence-corrected chi connectivity index (χ2v) is 8.72. The van der Waals surface area contributed by atoms with Gasteiger partial charge in [-0.05, 0) is 44.2 Å². The lowest BCUT2D eigenvalue weighted by atomic mass is 10.2. The summed E-state index contributed by atoms with van der Waals surface area (Å²) in [7, 11) is 0. The fourth-order valence-electron chi connectivity index (χ4n) is 3.23. The molecule has 2 aromatic carbocycles. The summed E-state index contributed by atoms with van der Waals surface area (Å²) in [5.74, 6) is 0.515. The minimum absolute atomic E-state index is 0.116. The van der Waals surface area contributed by atoms with Crippen molar-refractivity contribution in [2.24, 2.45) is 0 Å². The average molecular weight is 498 g/mol. The molecule has 4 rings (SSSR count). The maximum atomic E-state index is 12.8. The van der Waals surface area contributed by atoms with Gasteiger partial charge >= 0.3 is 0 Å². The zero-order valence-electron chi connectivity index (χ0n) is 17.0. The Kier molecular flexibility index (Phi) is 6.24. The van der Waals surface area contributed by atoms with E-state index in [1.807, 2.05) is 56.3 Å². The van der Waals surface area contributed by atoms with Crippen LogP contribution in [-0.2, 0) is 11.3 Å². The number of carbonyl (C=O) groups is 1. The lowest BCUT2D eigenvalue weighted by Crippen LogP contribution is -2.23. The number of aromatic nitrogens is 4. The van der Waals surface area contributed by atoms with Crippen LogP contribution in [0.25, 0.3) is 16.6 Å². The molecule has 158 valence electrons. The molecule has 0 spiro atoms. The standard InChI is InChI=1S/C22H20BrN5O2S/c1-3-27-21(30)17-12-15(23)9-10-18(17)24-22(27)31-13-20(29)25-19-11-14(2)26-28(19)16-7-5-4-6-8-16/h4-12H,3,13H2,1-2H3,(H,25,29). The molecule has 1 N–H and O–H groups in total. The highest BCUT2D eigenvalue weighted by atomic mass is 79.9. The van der Waals surface area contributed by atoms with E-state index in [9.17, 15) is 9.59 Å². The second-order valence-electron chi connectivity index (χ2n) is 6.86. The van der Waals surface area contributed by atoms with Crippen LogP contribution >= 0.6 is 27.7 Å². The topological polar surface area (TPSA) is 81.8 Å². The third-order valence-electron chi connectivity index (χ3n) is 4.63. The highest BCUT2D eigenvalue weighted by molar-refractivity contribution is 9.10. The van der Waals surface area contributed by atoms with Crippen LogP contribution in [0.15, 0.2) is 69.0 Å². The van der Waals surface area contributed by atoms with E-state index < -0.39 is 0 Å². The number of hydrogen-bond acceptors (Lipinski definition) is 5. The van der Waals surface area contributed by atoms with Gasteiger partial charge in [0.15, 0.2) is 5.16 Å². The zero-order chi connectivity index (χ0) is 22.0. The van der Waals surface area contributed by atoms with Crippen LogP contribution in [0.4, 0.5) is 5.82 Å². The Morgan fingerprint density at radius 3 is 2.68 bits per heavy atom. The number of rotatable bonds is 6. The summed E-state index contributed by atoms with van der Waals surface area (Å²) in [6.45, 7) is 4.23. The molecule has 4 aromatic rings. The summed E-state index contributed by atoms with van der Waals surface area (Å²) < 4.78 is 4.11. The van der Waals surface area contributed by atoms with E-state index in [4.69, 9.17) is 0 Å². The largest absolute Gasteiger partial charge is 0.310 e. The van der Waals surface area contributed by atoms with Crippen molar-refractivity contribution in [2.75, 3.05) is 11.1 Å². The van der Waals surface area contributed by atoms with Gasteiger partial charge in [-0.2, -0.15) is 5.10 Å². The van der Waals surface area contributed by atoms with E-state index in [0.29, 0.717) is 28.4 Å². The molecule has 9 heteroatoms. The van der Waals surface area contributed by atoms with Gasteiger partial charge in [0.2, 0.25) is 5.91 Å². The minimum atomic E-state index is -0.199. The SMILES string of the molecule is CCn1c(SCC(=O)Nc2cc(C)nn2-c2ccccc2)nc2ccc(Br)cc2c1=O. The number of amides is 1. The van der Waals surface area contributed by atoms with Crippen molar-refractivity contribution < 1.29 is 4.79 Å². The number of para-hydroxylation sites is 1. The molecule has 1 amide bonds. The van der Waals surface area contributed by atoms with Gasteiger partial charge in [-0.3, -0.25) is 14.2 Å². The van der Waals surface area contributed by atoms with E-state index in [-0.39, 0.29) is 17.2 Å². The molecule has 0 saturated heterocycles. The van der Waals surface area contributed by atoms with Crippen molar-refractivity contribution >= 4 is 50.3 Å². The maximum Gasteiger partial charge on any atom is 0.262 e. The van der Waals surface area contributed by atoms with Crippen LogP contribution in [-0.4, -0.2) is 31.0 Å². The summed E-state index contributed by atoms with van der Waals surface area (Å²) >= 11 is 4.64. The molecule has 2 heterocycles. The number of nitrogens with one attached hydrogen (secondary N) is 1. The number of hydrogen-bond donors (Lipinski definition) is 1. The number of carbonyl (C=O) groups excluding carboxylic acids is 1. The quantitative estimate of drug-likeness (QED) is 0.315. The Morgan fingerprint density at radius 2 is 1.94 bits per heavy atom. The summed E-state index contributed by atoms with van der Waals surface area (Å²) in [6.07, 6.45) is 0. The smallest absolute Gasteiger partial charge is 0.262 e. The van der Waals surface area contributed by atoms with Gasteiger partial charge in [0, 0.05) is 17.1 Å². The minimum Gasteiger partial charge on any atom is -0.310 e. The van der Waals surface area contributed by atoms with Gasteiger partial charge in [-0.15, -0.1) is 0 Å². The molecule has 0 radical (unpaired) electrons. The van der Waals surface area contributed by atoms with Gasteiger partial charge in [0.05, 0.1) is 28.0 Å². The first-order chi connectivity index (χ1) is 15.0. The van der Waals surface area contributed by atoms with Crippen molar-refractivity contribution in [1.29, 1.82) is 0 Å². The zero-order valence-corrected chi connectivity index (χ0v) is 19.4. The summed E-state index contributed by atoms with van der Waals surface area (Å²) in [5, 5.41) is 8.45. The number of anilines is 1. The van der Waals surface area contributed by atoms with E-state index in [2.05, 4.69) is 31.3 Å². The first kappa shape index (κ1) is 21.3. The van der Waals surface area contributed by atoms with Crippen LogP contribution in [0, 0.1) is 6.92 Å². The van der Waals surface area contributed by atoms with Crippen molar-refractivity contribution in [2.45, 2.75) is 25.5 Å². The lowest BCUT2D eigenvalue weighted by Gasteiger charge is -2.12. The first-order valence-electron chi connectivity index (χ1n) is 9.71. The van der Waals surface area contributed by atoms with E-state index in [1.165, 1.54) is 11.8 Å². The molecule has 0 aliphatic rings. The molecule has 0 aliphatic carbocycles. The molecule has 31 heavy (non-hydrogen) atoms. The Bertz CT molecular complexity index is 1320. The molecule has 0 bridgehead atoms. The average Bonchev–Trinajstić information content (AvgIpc) is 3.13. The molecular formula is C22H20BrN5O2S. The van der Waals surface area contributed by atoms with Gasteiger partial charge in [0.25, 0.3) is 5.56 Å². The first-order valence-corrected chi connectivity index (χ1v) is 11.5. The number of halogens is 1. The molecule has 2 aromatic heterocycles. The van der Waals surface area contributed by atoms with Crippen LogP contribution < -0.4 is 10.9 Å². The van der Waals surface area contributed by atoms with Crippen LogP contribution in [0.5, 0.6) is 0 Å². The normalized spacial score (nSPS) is 11.1. The second kappa shape index (κ2) is 9.07. The third kappa shape index (κ3) is 4.57. The highest BCUT2D eigenvalue weighted by Gasteiger charge is 2.15. The molecular weight excluding hydrogens is 478 g/mol. The monoisotopic (exact) mass is 497 g/mol. The molecule has 0 aliphatic heterocycles. The predicted molar refractivity (Wildman–Crippen MR) is 127 cm³/mol. The predicted octanol–water partition coefficient (Wildman–Crippen LogP) is 4.40. The van der Waals surface area contributed by atoms with Crippen molar-refractivity contribution in [3.05, 3.63) is 75.1 Å². The Labute approximate surface area is 191 Å². The molecule has 0 saturated carbocycles. The Balaban J connectivity index is 1.54. The fourth-order valence-corrected chi connectivity index (χ4v) is 4.45. The number of benzene rings is 2. The van der Waals surface area contributed by atoms with E-state index >= 15 is 0 Å². The van der Waals surface area contributed by atoms with Crippen molar-refractivity contribution in [3.63, 3.8) is 0 Å². The fraction of sp³-hybridized carbons (Fsp3) is 0.182. The third-order valence-corrected chi connectivity index (χ3v) is 6.10. The van der Waals surface area contributed by atoms with E-state index in [1.54, 1.807) is 21.4 Å². The van der Waals surface area contributed by atoms with E-state index in [0.717, 1.165) is 15.9 Å². The Hall–Kier alpha value is -2.91. The van der Waals surface area contributed by atoms with Crippen LogP contribution in [0.2, 0.25) is 0 Å². The molecule has 7 nitrogen and oxygen atoms in total. The Morgan fingerprint density at radius 1 is 1.16 bits per heavy atom. The molecule has 0 atom stereocenters. The number of nitrogens with zero attached hydrogens (tertiary/aromatic N) is 4. The van der Waals surface area contributed by atoms with Gasteiger partial charge in [-0.25, -0.2) is 9.67 Å². The van der Waals surface area contributed by atoms with Crippen LogP contribution in [0.3, 0.4) is 0 Å². The van der Waals surface area contributed by atoms with Gasteiger partial charge in [-0.1, -0.05) is 45.9 Å². The van der Waals surface area contributed by atoms with Gasteiger partial charge < -0.3 is 5.32 Å². The van der Waals surface area contributed by atoms with Crippen LogP contribution in [0.1, 0.15) is 12.6 Å². The molecule has 0 fully saturated rings. The maximum absolute atomic E-state index is 12.8. The molecule has 0 unspecified atom stereocenters. The number of fused-ring (bicyclic) bond motifs is 1. The lowest BCUT2D eigenvalue weighted by molar-refractivity contribution is -0.113. The van der Waals surface area contributed by atoms with Crippen molar-refractivity contribution in [1.82, 2.24) is 19.3 Å². The number of aryl methyl sites for hydroxylation is 1. The summed E-state index contributed by atoms with van der Waals surface area (Å²) in [6, 6.07) is 16.9. The van der Waals surface area contributed by atoms with Gasteiger partial charge in [0.1, 0.15) is 5.82 Å². The van der Waals surface area contributed by atoms with Crippen molar-refractivity contribution in [3.8, 4) is 5.69 Å². The summed E-state index contributed by atoms with van der Waals surface area (Å²) in [4.78, 5) is 30.1.